The smallest absolute Gasteiger partial charge is 0.230 e. The lowest BCUT2D eigenvalue weighted by Gasteiger charge is -2.39. The predicted octanol–water partition coefficient (Wildman–Crippen LogP) is -1.82. The maximum atomic E-state index is 11.8. The Kier molecular flexibility index (Phi) is 1.56. The molecule has 4 N–H and O–H groups in total. The van der Waals surface area contributed by atoms with Gasteiger partial charge in [-0.15, -0.1) is 0 Å². The third-order valence-electron chi connectivity index (χ3n) is 3.67. The quantitative estimate of drug-likeness (QED) is 0.386. The lowest BCUT2D eigenvalue weighted by atomic mass is 10.0. The lowest BCUT2D eigenvalue weighted by molar-refractivity contribution is -0.132. The molecule has 6 nitrogen and oxygen atoms in total. The molecule has 0 aromatic heterocycles. The zero-order chi connectivity index (χ0) is 10.7. The highest BCUT2D eigenvalue weighted by Gasteiger charge is 2.50. The summed E-state index contributed by atoms with van der Waals surface area (Å²) in [5.41, 5.74) is 7.47. The first kappa shape index (κ1) is 8.74. The summed E-state index contributed by atoms with van der Waals surface area (Å²) in [7, 11) is 0. The van der Waals surface area contributed by atoms with Crippen molar-refractivity contribution in [1.82, 2.24) is 26.4 Å². The van der Waals surface area contributed by atoms with Crippen LogP contribution in [0.15, 0.2) is 23.9 Å². The van der Waals surface area contributed by atoms with Gasteiger partial charge < -0.3 is 10.2 Å². The molecule has 0 aromatic carbocycles. The number of carbonyl (C=O) groups excluding carboxylic acids is 1. The number of nitrogens with one attached hydrogen (secondary N) is 4. The monoisotopic (exact) mass is 219 g/mol. The van der Waals surface area contributed by atoms with Crippen molar-refractivity contribution in [3.8, 4) is 0 Å². The first-order chi connectivity index (χ1) is 7.84. The van der Waals surface area contributed by atoms with E-state index in [1.54, 1.807) is 0 Å². The summed E-state index contributed by atoms with van der Waals surface area (Å²) in [4.78, 5) is 14.1. The molecule has 0 spiro atoms. The van der Waals surface area contributed by atoms with Crippen LogP contribution in [0.2, 0.25) is 0 Å². The fraction of sp³-hybridized carbons (Fsp3) is 0.500. The van der Waals surface area contributed by atoms with Crippen molar-refractivity contribution < 1.29 is 4.79 Å². The molecule has 0 aromatic rings. The zero-order valence-corrected chi connectivity index (χ0v) is 8.60. The third kappa shape index (κ3) is 0.940. The highest BCUT2D eigenvalue weighted by molar-refractivity contribution is 5.81. The molecule has 1 aliphatic carbocycles. The van der Waals surface area contributed by atoms with E-state index in [0.29, 0.717) is 6.54 Å². The SMILES string of the molecule is O=C1NC2NC3C=CC=C3N2C2NNCC12. The molecule has 4 aliphatic rings. The van der Waals surface area contributed by atoms with Crippen LogP contribution in [-0.2, 0) is 4.79 Å². The molecular formula is C10H13N5O. The number of allylic oxidation sites excluding steroid dienone is 2. The van der Waals surface area contributed by atoms with Crippen molar-refractivity contribution in [3.05, 3.63) is 23.9 Å². The summed E-state index contributed by atoms with van der Waals surface area (Å²) >= 11 is 0. The fourth-order valence-corrected chi connectivity index (χ4v) is 2.91. The van der Waals surface area contributed by atoms with E-state index < -0.39 is 0 Å². The Hall–Kier alpha value is -1.37. The average molecular weight is 219 g/mol. The number of hydrogen-bond donors (Lipinski definition) is 4. The van der Waals surface area contributed by atoms with Gasteiger partial charge in [0.2, 0.25) is 5.91 Å². The van der Waals surface area contributed by atoms with Gasteiger partial charge in [0, 0.05) is 12.2 Å². The van der Waals surface area contributed by atoms with Gasteiger partial charge in [-0.05, 0) is 6.08 Å². The number of hydrazine groups is 1. The molecule has 0 saturated carbocycles. The first-order valence-corrected chi connectivity index (χ1v) is 5.56. The molecule has 0 bridgehead atoms. The van der Waals surface area contributed by atoms with Crippen molar-refractivity contribution in [2.45, 2.75) is 18.5 Å². The largest absolute Gasteiger partial charge is 0.323 e. The number of amides is 1. The summed E-state index contributed by atoms with van der Waals surface area (Å²) in [5.74, 6) is 0.0964. The van der Waals surface area contributed by atoms with Crippen LogP contribution in [0, 0.1) is 5.92 Å². The van der Waals surface area contributed by atoms with E-state index in [1.807, 2.05) is 0 Å². The van der Waals surface area contributed by atoms with E-state index >= 15 is 0 Å². The Bertz CT molecular complexity index is 417. The maximum absolute atomic E-state index is 11.8. The van der Waals surface area contributed by atoms with Crippen molar-refractivity contribution in [3.63, 3.8) is 0 Å². The minimum atomic E-state index is -0.0812. The summed E-state index contributed by atoms with van der Waals surface area (Å²) in [6.45, 7) is 0.686. The molecule has 16 heavy (non-hydrogen) atoms. The molecule has 0 radical (unpaired) electrons. The standard InChI is InChI=1S/C10H13N5O/c16-9-5-4-11-14-8(5)15-7-3-1-2-6(7)12-10(15)13-9/h1-3,5-6,8,10-12,14H,4H2,(H,13,16). The molecule has 6 heteroatoms. The number of fused-ring (bicyclic) bond motifs is 5. The van der Waals surface area contributed by atoms with E-state index in [9.17, 15) is 4.79 Å². The van der Waals surface area contributed by atoms with Gasteiger partial charge in [-0.2, -0.15) is 0 Å². The van der Waals surface area contributed by atoms with Crippen LogP contribution in [0.25, 0.3) is 0 Å². The number of carbonyl (C=O) groups is 1. The highest BCUT2D eigenvalue weighted by atomic mass is 16.2. The van der Waals surface area contributed by atoms with Crippen LogP contribution in [0.1, 0.15) is 0 Å². The average Bonchev–Trinajstić information content (AvgIpc) is 2.87. The molecule has 4 rings (SSSR count). The van der Waals surface area contributed by atoms with Crippen molar-refractivity contribution in [1.29, 1.82) is 0 Å². The second-order valence-electron chi connectivity index (χ2n) is 4.52. The van der Waals surface area contributed by atoms with E-state index in [1.165, 1.54) is 5.70 Å². The number of nitrogens with zero attached hydrogens (tertiary/aromatic N) is 1. The Labute approximate surface area is 92.7 Å². The molecule has 3 heterocycles. The van der Waals surface area contributed by atoms with Crippen LogP contribution >= 0.6 is 0 Å². The van der Waals surface area contributed by atoms with Gasteiger partial charge in [-0.3, -0.25) is 15.5 Å². The molecule has 84 valence electrons. The predicted molar refractivity (Wildman–Crippen MR) is 56.3 cm³/mol. The van der Waals surface area contributed by atoms with Gasteiger partial charge in [0.1, 0.15) is 6.17 Å². The molecule has 4 unspecified atom stereocenters. The first-order valence-electron chi connectivity index (χ1n) is 5.56. The van der Waals surface area contributed by atoms with Crippen LogP contribution in [0.3, 0.4) is 0 Å². The van der Waals surface area contributed by atoms with Crippen molar-refractivity contribution in [2.75, 3.05) is 6.54 Å². The van der Waals surface area contributed by atoms with Crippen LogP contribution in [0.5, 0.6) is 0 Å². The summed E-state index contributed by atoms with van der Waals surface area (Å²) < 4.78 is 0. The Balaban J connectivity index is 1.73. The molecule has 3 aliphatic heterocycles. The molecule has 4 atom stereocenters. The van der Waals surface area contributed by atoms with Crippen LogP contribution in [0.4, 0.5) is 0 Å². The van der Waals surface area contributed by atoms with Gasteiger partial charge in [-0.25, -0.2) is 5.43 Å². The Morgan fingerprint density at radius 3 is 3.31 bits per heavy atom. The van der Waals surface area contributed by atoms with Gasteiger partial charge in [0.05, 0.1) is 12.0 Å². The van der Waals surface area contributed by atoms with Crippen LogP contribution in [-0.4, -0.2) is 35.8 Å². The summed E-state index contributed by atoms with van der Waals surface area (Å²) in [5, 5.41) is 6.37. The summed E-state index contributed by atoms with van der Waals surface area (Å²) in [6.07, 6.45) is 6.24. The van der Waals surface area contributed by atoms with E-state index in [0.717, 1.165) is 0 Å². The van der Waals surface area contributed by atoms with E-state index in [-0.39, 0.29) is 30.3 Å². The second kappa shape index (κ2) is 2.85. The van der Waals surface area contributed by atoms with Crippen LogP contribution < -0.4 is 21.5 Å². The normalized spacial score (nSPS) is 43.9. The van der Waals surface area contributed by atoms with E-state index in [2.05, 4.69) is 44.6 Å². The lowest BCUT2D eigenvalue weighted by Crippen LogP contribution is -2.65. The molecule has 3 saturated heterocycles. The third-order valence-corrected chi connectivity index (χ3v) is 3.67. The molecule has 3 fully saturated rings. The minimum Gasteiger partial charge on any atom is -0.323 e. The Morgan fingerprint density at radius 1 is 1.44 bits per heavy atom. The number of rotatable bonds is 0. The van der Waals surface area contributed by atoms with Gasteiger partial charge in [0.25, 0.3) is 0 Å². The van der Waals surface area contributed by atoms with Gasteiger partial charge in [0.15, 0.2) is 6.29 Å². The maximum Gasteiger partial charge on any atom is 0.230 e. The highest BCUT2D eigenvalue weighted by Crippen LogP contribution is 2.32. The Morgan fingerprint density at radius 2 is 2.38 bits per heavy atom. The minimum absolute atomic E-state index is 0.0155. The van der Waals surface area contributed by atoms with Gasteiger partial charge >= 0.3 is 0 Å². The number of hydrogen-bond acceptors (Lipinski definition) is 5. The fourth-order valence-electron chi connectivity index (χ4n) is 2.91. The van der Waals surface area contributed by atoms with Crippen molar-refractivity contribution >= 4 is 5.91 Å². The zero-order valence-electron chi connectivity index (χ0n) is 8.60. The molecular weight excluding hydrogens is 206 g/mol. The topological polar surface area (TPSA) is 68.4 Å². The summed E-state index contributed by atoms with van der Waals surface area (Å²) in [6, 6.07) is 0.242. The molecule has 1 amide bonds. The van der Waals surface area contributed by atoms with Gasteiger partial charge in [-0.1, -0.05) is 12.2 Å². The van der Waals surface area contributed by atoms with Crippen molar-refractivity contribution in [2.24, 2.45) is 5.92 Å². The van der Waals surface area contributed by atoms with E-state index in [4.69, 9.17) is 0 Å². The second-order valence-corrected chi connectivity index (χ2v) is 4.52.